The number of pyridine rings is 2. The summed E-state index contributed by atoms with van der Waals surface area (Å²) < 4.78 is 19.9. The van der Waals surface area contributed by atoms with Crippen molar-refractivity contribution in [3.8, 4) is 5.75 Å². The van der Waals surface area contributed by atoms with E-state index in [1.807, 2.05) is 0 Å². The van der Waals surface area contributed by atoms with Crippen LogP contribution in [0, 0.1) is 5.82 Å². The third-order valence-electron chi connectivity index (χ3n) is 5.19. The molecule has 166 valence electrons. The van der Waals surface area contributed by atoms with Gasteiger partial charge in [-0.1, -0.05) is 12.1 Å². The van der Waals surface area contributed by atoms with Gasteiger partial charge in [0.05, 0.1) is 18.2 Å². The van der Waals surface area contributed by atoms with Gasteiger partial charge in [0.1, 0.15) is 18.1 Å². The van der Waals surface area contributed by atoms with Gasteiger partial charge < -0.3 is 14.6 Å². The maximum absolute atomic E-state index is 13.1. The van der Waals surface area contributed by atoms with Crippen molar-refractivity contribution < 1.29 is 18.7 Å². The Balaban J connectivity index is 1.69. The summed E-state index contributed by atoms with van der Waals surface area (Å²) >= 11 is 0. The van der Waals surface area contributed by atoms with Crippen LogP contribution in [0.15, 0.2) is 78.0 Å². The number of aromatic nitrogens is 2. The molecule has 2 aromatic carbocycles. The van der Waals surface area contributed by atoms with Gasteiger partial charge in [0.2, 0.25) is 11.3 Å². The molecule has 0 aliphatic rings. The predicted octanol–water partition coefficient (Wildman–Crippen LogP) is 3.09. The van der Waals surface area contributed by atoms with E-state index in [2.05, 4.69) is 10.3 Å². The zero-order valence-electron chi connectivity index (χ0n) is 17.7. The number of halogens is 1. The molecule has 1 amide bonds. The van der Waals surface area contributed by atoms with Crippen molar-refractivity contribution in [1.29, 1.82) is 0 Å². The van der Waals surface area contributed by atoms with Crippen LogP contribution in [-0.2, 0) is 17.9 Å². The fourth-order valence-corrected chi connectivity index (χ4v) is 3.46. The number of rotatable bonds is 7. The van der Waals surface area contributed by atoms with Crippen LogP contribution in [0.2, 0.25) is 0 Å². The van der Waals surface area contributed by atoms with E-state index >= 15 is 0 Å². The molecular formula is C25H20FN3O4. The number of carbonyl (C=O) groups is 2. The van der Waals surface area contributed by atoms with Gasteiger partial charge >= 0.3 is 0 Å². The van der Waals surface area contributed by atoms with Crippen LogP contribution in [0.1, 0.15) is 21.5 Å². The van der Waals surface area contributed by atoms with E-state index < -0.39 is 11.2 Å². The van der Waals surface area contributed by atoms with Gasteiger partial charge in [0.15, 0.2) is 5.78 Å². The summed E-state index contributed by atoms with van der Waals surface area (Å²) in [4.78, 5) is 42.7. The van der Waals surface area contributed by atoms with Gasteiger partial charge in [-0.15, -0.1) is 0 Å². The normalized spacial score (nSPS) is 10.7. The molecule has 2 aromatic heterocycles. The lowest BCUT2D eigenvalue weighted by molar-refractivity contribution is -0.121. The van der Waals surface area contributed by atoms with E-state index in [1.54, 1.807) is 34.9 Å². The first-order chi connectivity index (χ1) is 16.0. The molecule has 33 heavy (non-hydrogen) atoms. The van der Waals surface area contributed by atoms with Gasteiger partial charge in [-0.2, -0.15) is 0 Å². The van der Waals surface area contributed by atoms with E-state index in [9.17, 15) is 18.8 Å². The molecule has 0 spiro atoms. The molecule has 0 saturated heterocycles. The number of methoxy groups -OCH3 is 1. The smallest absolute Gasteiger partial charge is 0.240 e. The molecule has 0 saturated carbocycles. The minimum Gasteiger partial charge on any atom is -0.497 e. The third-order valence-corrected chi connectivity index (χ3v) is 5.19. The van der Waals surface area contributed by atoms with E-state index in [0.29, 0.717) is 22.2 Å². The van der Waals surface area contributed by atoms with Crippen LogP contribution in [0.5, 0.6) is 5.75 Å². The highest BCUT2D eigenvalue weighted by molar-refractivity contribution is 6.10. The zero-order chi connectivity index (χ0) is 23.4. The number of fused-ring (bicyclic) bond motifs is 1. The second-order valence-electron chi connectivity index (χ2n) is 7.35. The number of ketones is 1. The molecule has 4 aromatic rings. The highest BCUT2D eigenvalue weighted by atomic mass is 19.1. The number of ether oxygens (including phenoxy) is 1. The summed E-state index contributed by atoms with van der Waals surface area (Å²) in [7, 11) is 1.50. The molecule has 0 unspecified atom stereocenters. The first-order valence-corrected chi connectivity index (χ1v) is 10.1. The Labute approximate surface area is 188 Å². The summed E-state index contributed by atoms with van der Waals surface area (Å²) in [6.07, 6.45) is 4.34. The lowest BCUT2D eigenvalue weighted by Gasteiger charge is -2.14. The van der Waals surface area contributed by atoms with Crippen LogP contribution in [0.25, 0.3) is 10.9 Å². The maximum Gasteiger partial charge on any atom is 0.240 e. The van der Waals surface area contributed by atoms with E-state index in [0.717, 1.165) is 5.56 Å². The minimum absolute atomic E-state index is 0.0507. The Bertz CT molecular complexity index is 1380. The van der Waals surface area contributed by atoms with Crippen LogP contribution >= 0.6 is 0 Å². The van der Waals surface area contributed by atoms with Crippen LogP contribution in [0.4, 0.5) is 4.39 Å². The Morgan fingerprint density at radius 3 is 2.48 bits per heavy atom. The zero-order valence-corrected chi connectivity index (χ0v) is 17.7. The van der Waals surface area contributed by atoms with Crippen molar-refractivity contribution in [1.82, 2.24) is 14.9 Å². The fraction of sp³-hybridized carbons (Fsp3) is 0.120. The average Bonchev–Trinajstić information content (AvgIpc) is 2.85. The molecule has 0 radical (unpaired) electrons. The second-order valence-corrected chi connectivity index (χ2v) is 7.35. The summed E-state index contributed by atoms with van der Waals surface area (Å²) in [5.41, 5.74) is 1.04. The highest BCUT2D eigenvalue weighted by Gasteiger charge is 2.18. The Morgan fingerprint density at radius 2 is 1.79 bits per heavy atom. The van der Waals surface area contributed by atoms with Crippen molar-refractivity contribution >= 4 is 22.6 Å². The predicted molar refractivity (Wildman–Crippen MR) is 121 cm³/mol. The first kappa shape index (κ1) is 21.9. The minimum atomic E-state index is -0.458. The fourth-order valence-electron chi connectivity index (χ4n) is 3.46. The Kier molecular flexibility index (Phi) is 6.26. The summed E-state index contributed by atoms with van der Waals surface area (Å²) in [5.74, 6) is -0.643. The van der Waals surface area contributed by atoms with Crippen molar-refractivity contribution in [3.05, 3.63) is 106 Å². The molecule has 1 N–H and O–H groups in total. The number of benzene rings is 2. The van der Waals surface area contributed by atoms with Gasteiger partial charge in [-0.25, -0.2) is 4.39 Å². The molecule has 4 rings (SSSR count). The lowest BCUT2D eigenvalue weighted by Crippen LogP contribution is -2.29. The summed E-state index contributed by atoms with van der Waals surface area (Å²) in [5, 5.41) is 3.06. The van der Waals surface area contributed by atoms with E-state index in [1.165, 1.54) is 50.0 Å². The molecule has 0 bridgehead atoms. The largest absolute Gasteiger partial charge is 0.497 e. The third kappa shape index (κ3) is 4.79. The quantitative estimate of drug-likeness (QED) is 0.442. The highest BCUT2D eigenvalue weighted by Crippen LogP contribution is 2.20. The maximum atomic E-state index is 13.1. The van der Waals surface area contributed by atoms with Gasteiger partial charge in [-0.05, 0) is 42.0 Å². The number of nitrogens with zero attached hydrogens (tertiary/aromatic N) is 2. The topological polar surface area (TPSA) is 90.3 Å². The van der Waals surface area contributed by atoms with Crippen LogP contribution in [-0.4, -0.2) is 28.4 Å². The molecule has 8 heteroatoms. The van der Waals surface area contributed by atoms with Crippen molar-refractivity contribution in [3.63, 3.8) is 0 Å². The number of carbonyl (C=O) groups excluding carboxylic acids is 2. The molecule has 0 aliphatic carbocycles. The van der Waals surface area contributed by atoms with Crippen LogP contribution in [0.3, 0.4) is 0 Å². The summed E-state index contributed by atoms with van der Waals surface area (Å²) in [6.45, 7) is 0.0745. The number of nitrogens with one attached hydrogen (secondary N) is 1. The molecule has 0 atom stereocenters. The summed E-state index contributed by atoms with van der Waals surface area (Å²) in [6, 6.07) is 13.7. The van der Waals surface area contributed by atoms with Crippen molar-refractivity contribution in [2.24, 2.45) is 0 Å². The number of hydrogen-bond acceptors (Lipinski definition) is 5. The van der Waals surface area contributed by atoms with Gasteiger partial charge in [0, 0.05) is 42.2 Å². The number of amides is 1. The first-order valence-electron chi connectivity index (χ1n) is 10.1. The standard InChI is InChI=1S/C25H20FN3O4/c1-33-19-6-7-20-22(12-19)29(15-23(30)28-13-16-2-4-18(26)5-3-16)14-21(25(20)32)24(31)17-8-10-27-11-9-17/h2-12,14H,13,15H2,1H3,(H,28,30). The molecule has 0 fully saturated rings. The molecule has 0 aliphatic heterocycles. The van der Waals surface area contributed by atoms with Gasteiger partial charge in [0.25, 0.3) is 0 Å². The Hall–Kier alpha value is -4.33. The van der Waals surface area contributed by atoms with Crippen molar-refractivity contribution in [2.45, 2.75) is 13.1 Å². The van der Waals surface area contributed by atoms with E-state index in [-0.39, 0.29) is 30.4 Å². The second kappa shape index (κ2) is 9.44. The monoisotopic (exact) mass is 445 g/mol. The van der Waals surface area contributed by atoms with Crippen LogP contribution < -0.4 is 15.5 Å². The van der Waals surface area contributed by atoms with Gasteiger partial charge in [-0.3, -0.25) is 19.4 Å². The SMILES string of the molecule is COc1ccc2c(=O)c(C(=O)c3ccncc3)cn(CC(=O)NCc3ccc(F)cc3)c2c1. The average molecular weight is 445 g/mol. The van der Waals surface area contributed by atoms with E-state index in [4.69, 9.17) is 4.74 Å². The lowest BCUT2D eigenvalue weighted by atomic mass is 10.0. The Morgan fingerprint density at radius 1 is 1.06 bits per heavy atom. The van der Waals surface area contributed by atoms with Crippen molar-refractivity contribution in [2.75, 3.05) is 7.11 Å². The molecule has 2 heterocycles. The number of hydrogen-bond donors (Lipinski definition) is 1. The molecule has 7 nitrogen and oxygen atoms in total. The molecular weight excluding hydrogens is 425 g/mol.